The van der Waals surface area contributed by atoms with Crippen molar-refractivity contribution in [1.29, 1.82) is 0 Å². The Morgan fingerprint density at radius 3 is 2.43 bits per heavy atom. The molecule has 2 rings (SSSR count). The molecule has 0 aliphatic rings. The molecule has 0 aliphatic heterocycles. The third-order valence-corrected chi connectivity index (χ3v) is 3.39. The maximum absolute atomic E-state index is 11.1. The first kappa shape index (κ1) is 16.7. The van der Waals surface area contributed by atoms with Crippen LogP contribution >= 0.6 is 0 Å². The summed E-state index contributed by atoms with van der Waals surface area (Å²) in [7, 11) is 3.22. The molecule has 1 N–H and O–H groups in total. The van der Waals surface area contributed by atoms with Crippen LogP contribution in [0, 0.1) is 6.92 Å². The van der Waals surface area contributed by atoms with Gasteiger partial charge in [0.25, 0.3) is 0 Å². The van der Waals surface area contributed by atoms with E-state index in [2.05, 4.69) is 5.32 Å². The molecular weight excluding hydrogens is 294 g/mol. The Morgan fingerprint density at radius 2 is 1.78 bits per heavy atom. The number of hydrogen-bond acceptors (Lipinski definition) is 4. The molecule has 0 spiro atoms. The zero-order valence-corrected chi connectivity index (χ0v) is 13.8. The number of carbonyl (C=O) groups is 1. The quantitative estimate of drug-likeness (QED) is 0.885. The summed E-state index contributed by atoms with van der Waals surface area (Å²) in [4.78, 5) is 11.1. The van der Waals surface area contributed by atoms with E-state index in [1.54, 1.807) is 20.3 Å². The molecule has 0 unspecified atom stereocenters. The van der Waals surface area contributed by atoms with Crippen LogP contribution < -0.4 is 19.5 Å². The summed E-state index contributed by atoms with van der Waals surface area (Å²) in [5.41, 5.74) is 2.77. The van der Waals surface area contributed by atoms with Gasteiger partial charge in [-0.25, -0.2) is 0 Å². The Morgan fingerprint density at radius 1 is 1.09 bits per heavy atom. The fourth-order valence-corrected chi connectivity index (χ4v) is 2.21. The van der Waals surface area contributed by atoms with Crippen LogP contribution in [0.4, 0.5) is 5.69 Å². The molecule has 0 saturated heterocycles. The number of anilines is 1. The Labute approximate surface area is 136 Å². The van der Waals surface area contributed by atoms with Crippen molar-refractivity contribution in [2.75, 3.05) is 19.5 Å². The van der Waals surface area contributed by atoms with Crippen LogP contribution in [0.2, 0.25) is 0 Å². The van der Waals surface area contributed by atoms with Crippen molar-refractivity contribution in [3.05, 3.63) is 47.5 Å². The second-order valence-corrected chi connectivity index (χ2v) is 5.13. The second-order valence-electron chi connectivity index (χ2n) is 5.13. The minimum Gasteiger partial charge on any atom is -0.493 e. The molecule has 0 fully saturated rings. The highest BCUT2D eigenvalue weighted by Gasteiger charge is 2.09. The number of carbonyl (C=O) groups excluding carboxylic acids is 1. The van der Waals surface area contributed by atoms with E-state index < -0.39 is 0 Å². The normalized spacial score (nSPS) is 10.1. The first-order valence-electron chi connectivity index (χ1n) is 7.25. The van der Waals surface area contributed by atoms with Crippen molar-refractivity contribution < 1.29 is 19.0 Å². The highest BCUT2D eigenvalue weighted by Crippen LogP contribution is 2.31. The average Bonchev–Trinajstić information content (AvgIpc) is 2.53. The molecule has 5 heteroatoms. The van der Waals surface area contributed by atoms with Crippen molar-refractivity contribution >= 4 is 11.6 Å². The molecule has 1 amide bonds. The minimum absolute atomic E-state index is 0.113. The number of hydrogen-bond donors (Lipinski definition) is 1. The van der Waals surface area contributed by atoms with Gasteiger partial charge >= 0.3 is 0 Å². The molecule has 2 aromatic carbocycles. The predicted molar refractivity (Wildman–Crippen MR) is 89.4 cm³/mol. The van der Waals surface area contributed by atoms with Gasteiger partial charge in [0.15, 0.2) is 11.5 Å². The van der Waals surface area contributed by atoms with Gasteiger partial charge in [0.1, 0.15) is 12.4 Å². The van der Waals surface area contributed by atoms with E-state index in [0.29, 0.717) is 29.5 Å². The summed E-state index contributed by atoms with van der Waals surface area (Å²) < 4.78 is 16.4. The summed E-state index contributed by atoms with van der Waals surface area (Å²) in [6.45, 7) is 3.87. The van der Waals surface area contributed by atoms with E-state index in [4.69, 9.17) is 14.2 Å². The van der Waals surface area contributed by atoms with Crippen molar-refractivity contribution in [3.8, 4) is 17.2 Å². The standard InChI is InChI=1S/C18H21NO4/c1-12-8-17(21-3)18(22-4)9-14(12)11-23-16-7-5-6-15(10-16)19-13(2)20/h5-10H,11H2,1-4H3,(H,19,20). The van der Waals surface area contributed by atoms with Gasteiger partial charge < -0.3 is 19.5 Å². The lowest BCUT2D eigenvalue weighted by molar-refractivity contribution is -0.114. The SMILES string of the molecule is COc1cc(C)c(COc2cccc(NC(C)=O)c2)cc1OC. The Hall–Kier alpha value is -2.69. The van der Waals surface area contributed by atoms with E-state index in [1.807, 2.05) is 37.3 Å². The van der Waals surface area contributed by atoms with E-state index in [-0.39, 0.29) is 5.91 Å². The topological polar surface area (TPSA) is 56.8 Å². The monoisotopic (exact) mass is 315 g/mol. The fraction of sp³-hybridized carbons (Fsp3) is 0.278. The molecule has 2 aromatic rings. The summed E-state index contributed by atoms with van der Waals surface area (Å²) in [5.74, 6) is 1.94. The van der Waals surface area contributed by atoms with Gasteiger partial charge in [-0.05, 0) is 42.3 Å². The van der Waals surface area contributed by atoms with Crippen LogP contribution in [0.25, 0.3) is 0 Å². The molecule has 0 saturated carbocycles. The fourth-order valence-electron chi connectivity index (χ4n) is 2.21. The predicted octanol–water partition coefficient (Wildman–Crippen LogP) is 3.55. The lowest BCUT2D eigenvalue weighted by Gasteiger charge is -2.14. The smallest absolute Gasteiger partial charge is 0.221 e. The number of rotatable bonds is 6. The maximum Gasteiger partial charge on any atom is 0.221 e. The molecule has 23 heavy (non-hydrogen) atoms. The molecule has 5 nitrogen and oxygen atoms in total. The van der Waals surface area contributed by atoms with Crippen molar-refractivity contribution in [3.63, 3.8) is 0 Å². The van der Waals surface area contributed by atoms with E-state index in [1.165, 1.54) is 6.92 Å². The number of benzene rings is 2. The number of nitrogens with one attached hydrogen (secondary N) is 1. The molecule has 0 heterocycles. The summed E-state index contributed by atoms with van der Waals surface area (Å²) in [6, 6.07) is 11.1. The van der Waals surface area contributed by atoms with Gasteiger partial charge in [0, 0.05) is 18.7 Å². The summed E-state index contributed by atoms with van der Waals surface area (Å²) in [6.07, 6.45) is 0. The third-order valence-electron chi connectivity index (χ3n) is 3.39. The molecule has 122 valence electrons. The largest absolute Gasteiger partial charge is 0.493 e. The Kier molecular flexibility index (Phi) is 5.46. The highest BCUT2D eigenvalue weighted by atomic mass is 16.5. The first-order valence-corrected chi connectivity index (χ1v) is 7.25. The molecule has 0 bridgehead atoms. The van der Waals surface area contributed by atoms with Crippen molar-refractivity contribution in [2.45, 2.75) is 20.5 Å². The Balaban J connectivity index is 2.13. The molecular formula is C18H21NO4. The van der Waals surface area contributed by atoms with Crippen LogP contribution in [0.1, 0.15) is 18.1 Å². The molecule has 0 aromatic heterocycles. The molecule has 0 radical (unpaired) electrons. The van der Waals surface area contributed by atoms with Crippen molar-refractivity contribution in [2.24, 2.45) is 0 Å². The van der Waals surface area contributed by atoms with E-state index >= 15 is 0 Å². The molecule has 0 atom stereocenters. The Bertz CT molecular complexity index is 697. The molecule has 0 aliphatic carbocycles. The summed E-state index contributed by atoms with van der Waals surface area (Å²) in [5, 5.41) is 2.73. The average molecular weight is 315 g/mol. The summed E-state index contributed by atoms with van der Waals surface area (Å²) >= 11 is 0. The first-order chi connectivity index (χ1) is 11.0. The van der Waals surface area contributed by atoms with E-state index in [0.717, 1.165) is 11.1 Å². The number of aryl methyl sites for hydroxylation is 1. The lowest BCUT2D eigenvalue weighted by Crippen LogP contribution is -2.06. The minimum atomic E-state index is -0.113. The maximum atomic E-state index is 11.1. The van der Waals surface area contributed by atoms with Crippen molar-refractivity contribution in [1.82, 2.24) is 0 Å². The van der Waals surface area contributed by atoms with Gasteiger partial charge in [-0.2, -0.15) is 0 Å². The van der Waals surface area contributed by atoms with Gasteiger partial charge in [0.05, 0.1) is 14.2 Å². The van der Waals surface area contributed by atoms with Gasteiger partial charge in [0.2, 0.25) is 5.91 Å². The van der Waals surface area contributed by atoms with E-state index in [9.17, 15) is 4.79 Å². The van der Waals surface area contributed by atoms with Gasteiger partial charge in [-0.1, -0.05) is 6.07 Å². The highest BCUT2D eigenvalue weighted by molar-refractivity contribution is 5.88. The van der Waals surface area contributed by atoms with Gasteiger partial charge in [-0.15, -0.1) is 0 Å². The van der Waals surface area contributed by atoms with Crippen LogP contribution in [0.3, 0.4) is 0 Å². The number of amides is 1. The zero-order valence-electron chi connectivity index (χ0n) is 13.8. The third kappa shape index (κ3) is 4.39. The zero-order chi connectivity index (χ0) is 16.8. The van der Waals surface area contributed by atoms with Crippen LogP contribution in [-0.4, -0.2) is 20.1 Å². The van der Waals surface area contributed by atoms with Gasteiger partial charge in [-0.3, -0.25) is 4.79 Å². The second kappa shape index (κ2) is 7.54. The van der Waals surface area contributed by atoms with Crippen LogP contribution in [0.15, 0.2) is 36.4 Å². The van der Waals surface area contributed by atoms with Crippen LogP contribution in [-0.2, 0) is 11.4 Å². The number of ether oxygens (including phenoxy) is 3. The van der Waals surface area contributed by atoms with Crippen LogP contribution in [0.5, 0.6) is 17.2 Å². The lowest BCUT2D eigenvalue weighted by atomic mass is 10.1. The number of methoxy groups -OCH3 is 2.